The summed E-state index contributed by atoms with van der Waals surface area (Å²) in [5.74, 6) is -1.52. The highest BCUT2D eigenvalue weighted by Gasteiger charge is 2.44. The third-order valence-corrected chi connectivity index (χ3v) is 6.04. The van der Waals surface area contributed by atoms with Crippen molar-refractivity contribution < 1.29 is 27.1 Å². The normalized spacial score (nSPS) is 17.0. The number of amides is 2. The Hall–Kier alpha value is -2.94. The van der Waals surface area contributed by atoms with Gasteiger partial charge in [0.1, 0.15) is 17.6 Å². The molecule has 1 saturated heterocycles. The van der Waals surface area contributed by atoms with Gasteiger partial charge in [0.2, 0.25) is 11.8 Å². The SMILES string of the molecule is COc1ccccc1NC(=O)[C@@H]1CCC(=O)N1S(=O)(=O)c1ccc(F)cc1. The van der Waals surface area contributed by atoms with E-state index in [0.29, 0.717) is 15.7 Å². The van der Waals surface area contributed by atoms with Gasteiger partial charge in [0.25, 0.3) is 10.0 Å². The molecule has 3 rings (SSSR count). The van der Waals surface area contributed by atoms with Crippen LogP contribution in [0.25, 0.3) is 0 Å². The van der Waals surface area contributed by atoms with Crippen LogP contribution in [-0.2, 0) is 19.6 Å². The molecule has 1 fully saturated rings. The first-order valence-electron chi connectivity index (χ1n) is 8.11. The van der Waals surface area contributed by atoms with Gasteiger partial charge >= 0.3 is 0 Å². The lowest BCUT2D eigenvalue weighted by atomic mass is 10.2. The van der Waals surface area contributed by atoms with Crippen LogP contribution in [0.5, 0.6) is 5.75 Å². The topological polar surface area (TPSA) is 92.8 Å². The standard InChI is InChI=1S/C18H17FN2O5S/c1-26-16-5-3-2-4-14(16)20-18(23)15-10-11-17(22)21(15)27(24,25)13-8-6-12(19)7-9-13/h2-9,15H,10-11H2,1H3,(H,20,23)/t15-/m0/s1. The molecule has 1 aliphatic heterocycles. The van der Waals surface area contributed by atoms with Crippen molar-refractivity contribution in [2.45, 2.75) is 23.8 Å². The quantitative estimate of drug-likeness (QED) is 0.842. The average Bonchev–Trinajstić information content (AvgIpc) is 3.05. The van der Waals surface area contributed by atoms with Crippen LogP contribution in [0.1, 0.15) is 12.8 Å². The summed E-state index contributed by atoms with van der Waals surface area (Å²) in [4.78, 5) is 24.7. The minimum absolute atomic E-state index is 0.0558. The van der Waals surface area contributed by atoms with E-state index in [1.54, 1.807) is 24.3 Å². The number of hydrogen-bond acceptors (Lipinski definition) is 5. The molecule has 0 radical (unpaired) electrons. The summed E-state index contributed by atoms with van der Waals surface area (Å²) >= 11 is 0. The van der Waals surface area contributed by atoms with E-state index in [1.807, 2.05) is 0 Å². The zero-order chi connectivity index (χ0) is 19.6. The summed E-state index contributed by atoms with van der Waals surface area (Å²) in [6.07, 6.45) is -0.0231. The number of methoxy groups -OCH3 is 1. The van der Waals surface area contributed by atoms with Crippen LogP contribution < -0.4 is 10.1 Å². The zero-order valence-electron chi connectivity index (χ0n) is 14.4. The lowest BCUT2D eigenvalue weighted by molar-refractivity contribution is -0.128. The number of nitrogens with one attached hydrogen (secondary N) is 1. The van der Waals surface area contributed by atoms with Gasteiger partial charge in [0.05, 0.1) is 17.7 Å². The molecule has 142 valence electrons. The molecule has 0 spiro atoms. The largest absolute Gasteiger partial charge is 0.495 e. The van der Waals surface area contributed by atoms with Crippen molar-refractivity contribution >= 4 is 27.5 Å². The van der Waals surface area contributed by atoms with Crippen LogP contribution in [0.15, 0.2) is 53.4 Å². The first-order chi connectivity index (χ1) is 12.8. The van der Waals surface area contributed by atoms with Gasteiger partial charge in [0, 0.05) is 6.42 Å². The average molecular weight is 392 g/mol. The van der Waals surface area contributed by atoms with Crippen molar-refractivity contribution in [2.75, 3.05) is 12.4 Å². The fourth-order valence-corrected chi connectivity index (χ4v) is 4.49. The highest BCUT2D eigenvalue weighted by atomic mass is 32.2. The lowest BCUT2D eigenvalue weighted by Gasteiger charge is -2.24. The summed E-state index contributed by atoms with van der Waals surface area (Å²) < 4.78 is 44.5. The molecule has 1 N–H and O–H groups in total. The monoisotopic (exact) mass is 392 g/mol. The summed E-state index contributed by atoms with van der Waals surface area (Å²) in [5.41, 5.74) is 0.364. The number of hydrogen-bond donors (Lipinski definition) is 1. The van der Waals surface area contributed by atoms with E-state index in [9.17, 15) is 22.4 Å². The van der Waals surface area contributed by atoms with Gasteiger partial charge in [-0.15, -0.1) is 0 Å². The van der Waals surface area contributed by atoms with Crippen molar-refractivity contribution in [1.82, 2.24) is 4.31 Å². The van der Waals surface area contributed by atoms with Gasteiger partial charge in [-0.1, -0.05) is 12.1 Å². The van der Waals surface area contributed by atoms with E-state index >= 15 is 0 Å². The molecule has 2 aromatic carbocycles. The molecule has 0 saturated carbocycles. The smallest absolute Gasteiger partial charge is 0.267 e. The third-order valence-electron chi connectivity index (χ3n) is 4.20. The number of carbonyl (C=O) groups excluding carboxylic acids is 2. The highest BCUT2D eigenvalue weighted by Crippen LogP contribution is 2.30. The Kier molecular flexibility index (Phi) is 5.13. The Balaban J connectivity index is 1.89. The summed E-state index contributed by atoms with van der Waals surface area (Å²) in [7, 11) is -2.84. The number of nitrogens with zero attached hydrogens (tertiary/aromatic N) is 1. The predicted molar refractivity (Wildman–Crippen MR) is 95.1 cm³/mol. The van der Waals surface area contributed by atoms with Gasteiger partial charge in [0.15, 0.2) is 0 Å². The second-order valence-electron chi connectivity index (χ2n) is 5.89. The number of benzene rings is 2. The Morgan fingerprint density at radius 3 is 2.52 bits per heavy atom. The fraction of sp³-hybridized carbons (Fsp3) is 0.222. The molecule has 1 atom stereocenters. The second-order valence-corrected chi connectivity index (χ2v) is 7.71. The number of sulfonamides is 1. The van der Waals surface area contributed by atoms with Crippen molar-refractivity contribution in [1.29, 1.82) is 0 Å². The molecule has 0 aromatic heterocycles. The van der Waals surface area contributed by atoms with E-state index in [4.69, 9.17) is 4.74 Å². The summed E-state index contributed by atoms with van der Waals surface area (Å²) in [5, 5.41) is 2.60. The van der Waals surface area contributed by atoms with Crippen molar-refractivity contribution in [3.8, 4) is 5.75 Å². The van der Waals surface area contributed by atoms with Crippen molar-refractivity contribution in [2.24, 2.45) is 0 Å². The van der Waals surface area contributed by atoms with Gasteiger partial charge in [-0.25, -0.2) is 17.1 Å². The Labute approximate surface area is 155 Å². The molecule has 0 aliphatic carbocycles. The van der Waals surface area contributed by atoms with Gasteiger partial charge < -0.3 is 10.1 Å². The van der Waals surface area contributed by atoms with E-state index in [2.05, 4.69) is 5.32 Å². The van der Waals surface area contributed by atoms with E-state index < -0.39 is 33.7 Å². The van der Waals surface area contributed by atoms with Crippen LogP contribution in [-0.4, -0.2) is 37.7 Å². The number of anilines is 1. The number of para-hydroxylation sites is 2. The zero-order valence-corrected chi connectivity index (χ0v) is 15.2. The number of rotatable bonds is 5. The van der Waals surface area contributed by atoms with Crippen LogP contribution in [0.3, 0.4) is 0 Å². The molecule has 7 nitrogen and oxygen atoms in total. The maximum Gasteiger partial charge on any atom is 0.267 e. The number of halogens is 1. The molecular weight excluding hydrogens is 375 g/mol. The first kappa shape index (κ1) is 18.8. The van der Waals surface area contributed by atoms with Crippen LogP contribution in [0, 0.1) is 5.82 Å². The molecule has 2 aromatic rings. The molecule has 2 amide bonds. The fourth-order valence-electron chi connectivity index (χ4n) is 2.88. The lowest BCUT2D eigenvalue weighted by Crippen LogP contribution is -2.45. The van der Waals surface area contributed by atoms with Crippen molar-refractivity contribution in [3.05, 3.63) is 54.3 Å². The Morgan fingerprint density at radius 1 is 1.19 bits per heavy atom. The molecular formula is C18H17FN2O5S. The van der Waals surface area contributed by atoms with E-state index in [1.165, 1.54) is 7.11 Å². The number of ether oxygens (including phenoxy) is 1. The summed E-state index contributed by atoms with van der Waals surface area (Å²) in [6.45, 7) is 0. The van der Waals surface area contributed by atoms with Crippen LogP contribution in [0.2, 0.25) is 0 Å². The molecule has 9 heteroatoms. The Morgan fingerprint density at radius 2 is 1.85 bits per heavy atom. The van der Waals surface area contributed by atoms with Gasteiger partial charge in [-0.05, 0) is 42.8 Å². The summed E-state index contributed by atoms with van der Waals surface area (Å²) in [6, 6.07) is 9.54. The van der Waals surface area contributed by atoms with Gasteiger partial charge in [-0.2, -0.15) is 0 Å². The maximum absolute atomic E-state index is 13.1. The van der Waals surface area contributed by atoms with Crippen molar-refractivity contribution in [3.63, 3.8) is 0 Å². The maximum atomic E-state index is 13.1. The van der Waals surface area contributed by atoms with E-state index in [-0.39, 0.29) is 17.7 Å². The molecule has 1 aliphatic rings. The van der Waals surface area contributed by atoms with Gasteiger partial charge in [-0.3, -0.25) is 9.59 Å². The molecule has 0 unspecified atom stereocenters. The molecule has 0 bridgehead atoms. The van der Waals surface area contributed by atoms with Crippen LogP contribution >= 0.6 is 0 Å². The highest BCUT2D eigenvalue weighted by molar-refractivity contribution is 7.89. The minimum atomic E-state index is -4.28. The molecule has 27 heavy (non-hydrogen) atoms. The third kappa shape index (κ3) is 3.63. The number of carbonyl (C=O) groups is 2. The van der Waals surface area contributed by atoms with Crippen LogP contribution in [0.4, 0.5) is 10.1 Å². The molecule has 1 heterocycles. The Bertz CT molecular complexity index is 976. The first-order valence-corrected chi connectivity index (χ1v) is 9.55. The minimum Gasteiger partial charge on any atom is -0.495 e. The second kappa shape index (κ2) is 7.36. The predicted octanol–water partition coefficient (Wildman–Crippen LogP) is 2.15. The van der Waals surface area contributed by atoms with E-state index in [0.717, 1.165) is 24.3 Å².